The van der Waals surface area contributed by atoms with Gasteiger partial charge in [0.1, 0.15) is 9.75 Å². The van der Waals surface area contributed by atoms with E-state index < -0.39 is 33.4 Å². The number of thiophene rings is 1. The zero-order valence-electron chi connectivity index (χ0n) is 17.2. The first-order chi connectivity index (χ1) is 15.6. The molecule has 4 rings (SSSR count). The number of halogens is 1. The molecule has 7 nitrogen and oxygen atoms in total. The van der Waals surface area contributed by atoms with E-state index in [1.54, 1.807) is 54.6 Å². The average molecular weight is 506 g/mol. The molecule has 2 aromatic carbocycles. The second-order valence-corrected chi connectivity index (χ2v) is 11.3. The lowest BCUT2D eigenvalue weighted by Gasteiger charge is -2.16. The number of hydrogen-bond acceptors (Lipinski definition) is 5. The third-order valence-electron chi connectivity index (χ3n) is 5.67. The van der Waals surface area contributed by atoms with E-state index in [1.165, 1.54) is 6.07 Å². The van der Waals surface area contributed by atoms with Gasteiger partial charge in [0, 0.05) is 22.2 Å². The number of hydrogen-bond donors (Lipinski definition) is 3. The highest BCUT2D eigenvalue weighted by Gasteiger charge is 2.63. The summed E-state index contributed by atoms with van der Waals surface area (Å²) in [5.74, 6) is -2.82. The van der Waals surface area contributed by atoms with Crippen molar-refractivity contribution in [3.8, 4) is 10.4 Å². The first-order valence-electron chi connectivity index (χ1n) is 10.0. The minimum absolute atomic E-state index is 0.0119. The molecule has 0 bridgehead atoms. The van der Waals surface area contributed by atoms with Gasteiger partial charge in [-0.15, -0.1) is 11.3 Å². The Morgan fingerprint density at radius 1 is 1.06 bits per heavy atom. The van der Waals surface area contributed by atoms with Gasteiger partial charge in [-0.25, -0.2) is 8.42 Å². The number of aryl methyl sites for hydroxylation is 1. The molecule has 0 amide bonds. The van der Waals surface area contributed by atoms with Crippen LogP contribution in [0.1, 0.15) is 29.9 Å². The van der Waals surface area contributed by atoms with Crippen LogP contribution in [-0.4, -0.2) is 36.1 Å². The fourth-order valence-electron chi connectivity index (χ4n) is 3.90. The summed E-state index contributed by atoms with van der Waals surface area (Å²) < 4.78 is 28.6. The standard InChI is InChI=1S/C23H20ClNO6S2/c24-16-8-5-15(6-9-16)19-10-12-21(32-19)33(30,31)25-23(22(28)29)13-18(23)17-4-2-1-3-14(17)7-11-20(26)27/h1-6,8-10,12,18,25H,7,11,13H2,(H,26,27)(H,28,29)/t18-,23+/m0/s1. The predicted molar refractivity (Wildman–Crippen MR) is 125 cm³/mol. The number of nitrogens with one attached hydrogen (secondary N) is 1. The van der Waals surface area contributed by atoms with Gasteiger partial charge in [-0.2, -0.15) is 4.72 Å². The van der Waals surface area contributed by atoms with Crippen LogP contribution in [0, 0.1) is 0 Å². The SMILES string of the molecule is O=C(O)CCc1ccccc1[C@@H]1C[C@]1(NS(=O)(=O)c1ccc(-c2ccc(Cl)cc2)s1)C(=O)O. The summed E-state index contributed by atoms with van der Waals surface area (Å²) in [7, 11) is -4.11. The molecule has 1 aliphatic carbocycles. The third-order valence-corrected chi connectivity index (χ3v) is 9.06. The van der Waals surface area contributed by atoms with E-state index in [9.17, 15) is 23.1 Å². The minimum Gasteiger partial charge on any atom is -0.481 e. The van der Waals surface area contributed by atoms with Crippen LogP contribution >= 0.6 is 22.9 Å². The van der Waals surface area contributed by atoms with Crippen molar-refractivity contribution in [2.45, 2.75) is 34.9 Å². The molecule has 0 radical (unpaired) electrons. The van der Waals surface area contributed by atoms with E-state index in [2.05, 4.69) is 4.72 Å². The quantitative estimate of drug-likeness (QED) is 0.397. The Bertz CT molecular complexity index is 1320. The molecule has 1 aromatic heterocycles. The molecule has 1 saturated carbocycles. The Hall–Kier alpha value is -2.72. The van der Waals surface area contributed by atoms with Crippen LogP contribution in [0.15, 0.2) is 64.9 Å². The van der Waals surface area contributed by atoms with E-state index in [-0.39, 0.29) is 23.5 Å². The number of sulfonamides is 1. The van der Waals surface area contributed by atoms with Gasteiger partial charge in [0.15, 0.2) is 0 Å². The van der Waals surface area contributed by atoms with Gasteiger partial charge in [-0.3, -0.25) is 9.59 Å². The molecule has 1 heterocycles. The Morgan fingerprint density at radius 2 is 1.76 bits per heavy atom. The molecule has 0 unspecified atom stereocenters. The zero-order chi connectivity index (χ0) is 23.8. The second kappa shape index (κ2) is 8.90. The molecule has 3 N–H and O–H groups in total. The van der Waals surface area contributed by atoms with Crippen molar-refractivity contribution < 1.29 is 28.2 Å². The van der Waals surface area contributed by atoms with Gasteiger partial charge in [-0.05, 0) is 53.8 Å². The summed E-state index contributed by atoms with van der Waals surface area (Å²) in [6.45, 7) is 0. The number of aliphatic carboxylic acids is 2. The summed E-state index contributed by atoms with van der Waals surface area (Å²) in [6, 6.07) is 17.0. The molecule has 1 aliphatic rings. The van der Waals surface area contributed by atoms with Crippen molar-refractivity contribution in [3.63, 3.8) is 0 Å². The molecular weight excluding hydrogens is 486 g/mol. The molecule has 0 saturated heterocycles. The molecule has 10 heteroatoms. The summed E-state index contributed by atoms with van der Waals surface area (Å²) in [5, 5.41) is 19.5. The summed E-state index contributed by atoms with van der Waals surface area (Å²) in [5.41, 5.74) is 0.475. The Kier molecular flexibility index (Phi) is 6.32. The molecular formula is C23H20ClNO6S2. The summed E-state index contributed by atoms with van der Waals surface area (Å²) >= 11 is 6.95. The average Bonchev–Trinajstić information content (AvgIpc) is 3.25. The molecule has 3 aromatic rings. The Morgan fingerprint density at radius 3 is 2.42 bits per heavy atom. The molecule has 0 spiro atoms. The van der Waals surface area contributed by atoms with E-state index in [4.69, 9.17) is 16.7 Å². The van der Waals surface area contributed by atoms with Crippen LogP contribution in [0.3, 0.4) is 0 Å². The fourth-order valence-corrected chi connectivity index (χ4v) is 6.74. The zero-order valence-corrected chi connectivity index (χ0v) is 19.6. The van der Waals surface area contributed by atoms with Crippen molar-refractivity contribution in [1.82, 2.24) is 4.72 Å². The second-order valence-electron chi connectivity index (χ2n) is 7.86. The van der Waals surface area contributed by atoms with Crippen LogP contribution < -0.4 is 4.72 Å². The molecule has 2 atom stereocenters. The lowest BCUT2D eigenvalue weighted by Crippen LogP contribution is -2.44. The maximum atomic E-state index is 13.1. The van der Waals surface area contributed by atoms with Crippen LogP contribution in [-0.2, 0) is 26.0 Å². The monoisotopic (exact) mass is 505 g/mol. The summed E-state index contributed by atoms with van der Waals surface area (Å²) in [4.78, 5) is 23.9. The van der Waals surface area contributed by atoms with Crippen molar-refractivity contribution in [2.24, 2.45) is 0 Å². The lowest BCUT2D eigenvalue weighted by atomic mass is 9.97. The fraction of sp³-hybridized carbons (Fsp3) is 0.217. The first kappa shape index (κ1) is 23.4. The molecule has 1 fully saturated rings. The predicted octanol–water partition coefficient (Wildman–Crippen LogP) is 4.37. The van der Waals surface area contributed by atoms with Gasteiger partial charge in [-0.1, -0.05) is 48.0 Å². The largest absolute Gasteiger partial charge is 0.481 e. The van der Waals surface area contributed by atoms with Crippen molar-refractivity contribution >= 4 is 44.9 Å². The molecule has 172 valence electrons. The van der Waals surface area contributed by atoms with Gasteiger partial charge in [0.2, 0.25) is 0 Å². The number of carbonyl (C=O) groups is 2. The summed E-state index contributed by atoms with van der Waals surface area (Å²) in [6.07, 6.45) is 0.221. The first-order valence-corrected chi connectivity index (χ1v) is 12.7. The Balaban J connectivity index is 1.59. The van der Waals surface area contributed by atoms with Crippen LogP contribution in [0.2, 0.25) is 5.02 Å². The van der Waals surface area contributed by atoms with Crippen molar-refractivity contribution in [1.29, 1.82) is 0 Å². The minimum atomic E-state index is -4.11. The van der Waals surface area contributed by atoms with Crippen LogP contribution in [0.5, 0.6) is 0 Å². The van der Waals surface area contributed by atoms with Crippen molar-refractivity contribution in [2.75, 3.05) is 0 Å². The van der Waals surface area contributed by atoms with Gasteiger partial charge >= 0.3 is 11.9 Å². The molecule has 33 heavy (non-hydrogen) atoms. The normalized spacial score (nSPS) is 19.8. The smallest absolute Gasteiger partial charge is 0.325 e. The van der Waals surface area contributed by atoms with Gasteiger partial charge in [0.25, 0.3) is 10.0 Å². The molecule has 0 aliphatic heterocycles. The van der Waals surface area contributed by atoms with Crippen molar-refractivity contribution in [3.05, 3.63) is 76.8 Å². The number of benzene rings is 2. The number of carboxylic acid groups (broad SMARTS) is 2. The topological polar surface area (TPSA) is 121 Å². The van der Waals surface area contributed by atoms with E-state index in [0.717, 1.165) is 16.9 Å². The van der Waals surface area contributed by atoms with E-state index >= 15 is 0 Å². The highest BCUT2D eigenvalue weighted by molar-refractivity contribution is 7.91. The van der Waals surface area contributed by atoms with E-state index in [0.29, 0.717) is 21.0 Å². The maximum Gasteiger partial charge on any atom is 0.325 e. The van der Waals surface area contributed by atoms with E-state index in [1.807, 2.05) is 0 Å². The van der Waals surface area contributed by atoms with Gasteiger partial charge in [0.05, 0.1) is 0 Å². The highest BCUT2D eigenvalue weighted by Crippen LogP contribution is 2.53. The number of rotatable bonds is 9. The lowest BCUT2D eigenvalue weighted by molar-refractivity contribution is -0.140. The number of carboxylic acids is 2. The van der Waals surface area contributed by atoms with Crippen LogP contribution in [0.4, 0.5) is 0 Å². The maximum absolute atomic E-state index is 13.1. The third kappa shape index (κ3) is 4.81. The van der Waals surface area contributed by atoms with Gasteiger partial charge < -0.3 is 10.2 Å². The van der Waals surface area contributed by atoms with Crippen LogP contribution in [0.25, 0.3) is 10.4 Å². The highest BCUT2D eigenvalue weighted by atomic mass is 35.5. The Labute approximate surface area is 199 Å².